The van der Waals surface area contributed by atoms with Gasteiger partial charge in [0.1, 0.15) is 5.41 Å². The first kappa shape index (κ1) is 17.9. The summed E-state index contributed by atoms with van der Waals surface area (Å²) in [6, 6.07) is 2.12. The molecule has 1 amide bonds. The van der Waals surface area contributed by atoms with E-state index < -0.39 is 15.4 Å². The number of sulfonamides is 1. The van der Waals surface area contributed by atoms with Crippen molar-refractivity contribution in [2.45, 2.75) is 39.5 Å². The van der Waals surface area contributed by atoms with Crippen LogP contribution >= 0.6 is 0 Å². The van der Waals surface area contributed by atoms with Crippen LogP contribution in [0.2, 0.25) is 0 Å². The Hall–Kier alpha value is -1.13. The Bertz CT molecular complexity index is 420. The lowest BCUT2D eigenvalue weighted by molar-refractivity contribution is -0.128. The number of nitrogens with zero attached hydrogens (tertiary/aromatic N) is 1. The number of carbonyl (C=O) groups is 1. The molecule has 0 fully saturated rings. The second kappa shape index (κ2) is 8.12. The molecule has 110 valence electrons. The number of amides is 1. The summed E-state index contributed by atoms with van der Waals surface area (Å²) in [5, 5.41) is 11.9. The third-order valence-electron chi connectivity index (χ3n) is 2.78. The minimum atomic E-state index is -3.25. The van der Waals surface area contributed by atoms with Crippen molar-refractivity contribution in [1.82, 2.24) is 10.0 Å². The number of nitrogens with one attached hydrogen (secondary N) is 2. The van der Waals surface area contributed by atoms with Crippen LogP contribution in [0, 0.1) is 16.7 Å². The summed E-state index contributed by atoms with van der Waals surface area (Å²) in [6.45, 7) is 4.17. The lowest BCUT2D eigenvalue weighted by atomic mass is 9.80. The molecule has 0 bridgehead atoms. The first-order chi connectivity index (χ1) is 8.81. The van der Waals surface area contributed by atoms with E-state index in [1.165, 1.54) is 0 Å². The predicted octanol–water partition coefficient (Wildman–Crippen LogP) is 0.762. The summed E-state index contributed by atoms with van der Waals surface area (Å²) >= 11 is 0. The van der Waals surface area contributed by atoms with E-state index in [9.17, 15) is 18.5 Å². The maximum Gasteiger partial charge on any atom is 0.240 e. The maximum atomic E-state index is 12.1. The first-order valence-corrected chi connectivity index (χ1v) is 8.34. The van der Waals surface area contributed by atoms with Gasteiger partial charge in [-0.2, -0.15) is 5.26 Å². The molecule has 19 heavy (non-hydrogen) atoms. The van der Waals surface area contributed by atoms with Gasteiger partial charge < -0.3 is 5.32 Å². The zero-order valence-corrected chi connectivity index (χ0v) is 12.6. The van der Waals surface area contributed by atoms with E-state index in [-0.39, 0.29) is 19.0 Å². The lowest BCUT2D eigenvalue weighted by Crippen LogP contribution is -2.43. The molecule has 0 spiro atoms. The van der Waals surface area contributed by atoms with Crippen LogP contribution in [0.25, 0.3) is 0 Å². The van der Waals surface area contributed by atoms with Crippen molar-refractivity contribution in [3.63, 3.8) is 0 Å². The molecule has 0 radical (unpaired) electrons. The normalized spacial score (nSPS) is 11.9. The van der Waals surface area contributed by atoms with Crippen LogP contribution in [0.3, 0.4) is 0 Å². The van der Waals surface area contributed by atoms with E-state index >= 15 is 0 Å². The molecular formula is C12H23N3O3S. The molecule has 0 saturated carbocycles. The second-order valence-corrected chi connectivity index (χ2v) is 6.45. The Balaban J connectivity index is 4.46. The van der Waals surface area contributed by atoms with Crippen LogP contribution in [0.4, 0.5) is 0 Å². The molecule has 0 aromatic rings. The van der Waals surface area contributed by atoms with E-state index in [0.29, 0.717) is 12.8 Å². The minimum Gasteiger partial charge on any atom is -0.353 e. The van der Waals surface area contributed by atoms with Gasteiger partial charge in [-0.15, -0.1) is 0 Å². The molecule has 0 aliphatic rings. The standard InChI is InChI=1S/C12H23N3O3S/c1-4-6-12(10-13,7-5-2)11(16)14-8-9-15-19(3,17)18/h15H,4-9H2,1-3H3,(H,14,16). The largest absolute Gasteiger partial charge is 0.353 e. The fourth-order valence-corrected chi connectivity index (χ4v) is 2.42. The van der Waals surface area contributed by atoms with Crippen molar-refractivity contribution in [3.8, 4) is 6.07 Å². The maximum absolute atomic E-state index is 12.1. The quantitative estimate of drug-likeness (QED) is 0.612. The summed E-state index contributed by atoms with van der Waals surface area (Å²) in [5.74, 6) is -0.311. The summed E-state index contributed by atoms with van der Waals surface area (Å²) in [7, 11) is -3.25. The molecular weight excluding hydrogens is 266 g/mol. The molecule has 0 rings (SSSR count). The van der Waals surface area contributed by atoms with Crippen molar-refractivity contribution in [3.05, 3.63) is 0 Å². The Kier molecular flexibility index (Phi) is 7.64. The second-order valence-electron chi connectivity index (χ2n) is 4.62. The SMILES string of the molecule is CCCC(C#N)(CCC)C(=O)NCCNS(C)(=O)=O. The first-order valence-electron chi connectivity index (χ1n) is 6.45. The number of nitriles is 1. The third-order valence-corrected chi connectivity index (χ3v) is 3.51. The predicted molar refractivity (Wildman–Crippen MR) is 73.7 cm³/mol. The highest BCUT2D eigenvalue weighted by Crippen LogP contribution is 2.29. The smallest absolute Gasteiger partial charge is 0.240 e. The summed E-state index contributed by atoms with van der Waals surface area (Å²) in [4.78, 5) is 12.1. The zero-order chi connectivity index (χ0) is 14.9. The van der Waals surface area contributed by atoms with Gasteiger partial charge in [-0.1, -0.05) is 26.7 Å². The van der Waals surface area contributed by atoms with Crippen LogP contribution in [0.15, 0.2) is 0 Å². The Morgan fingerprint density at radius 1 is 1.21 bits per heavy atom. The van der Waals surface area contributed by atoms with Gasteiger partial charge in [-0.3, -0.25) is 4.79 Å². The molecule has 0 unspecified atom stereocenters. The van der Waals surface area contributed by atoms with Crippen LogP contribution in [0.5, 0.6) is 0 Å². The van der Waals surface area contributed by atoms with Gasteiger partial charge >= 0.3 is 0 Å². The molecule has 0 aliphatic heterocycles. The minimum absolute atomic E-state index is 0.129. The highest BCUT2D eigenvalue weighted by atomic mass is 32.2. The number of hydrogen-bond acceptors (Lipinski definition) is 4. The van der Waals surface area contributed by atoms with Gasteiger partial charge in [0.15, 0.2) is 0 Å². The zero-order valence-electron chi connectivity index (χ0n) is 11.8. The van der Waals surface area contributed by atoms with Gasteiger partial charge in [-0.05, 0) is 12.8 Å². The van der Waals surface area contributed by atoms with Crippen LogP contribution in [-0.4, -0.2) is 33.7 Å². The number of rotatable bonds is 9. The lowest BCUT2D eigenvalue weighted by Gasteiger charge is -2.24. The van der Waals surface area contributed by atoms with Gasteiger partial charge in [-0.25, -0.2) is 13.1 Å². The molecule has 0 heterocycles. The summed E-state index contributed by atoms with van der Waals surface area (Å²) < 4.78 is 24.0. The molecule has 6 nitrogen and oxygen atoms in total. The highest BCUT2D eigenvalue weighted by molar-refractivity contribution is 7.88. The van der Waals surface area contributed by atoms with Crippen molar-refractivity contribution >= 4 is 15.9 Å². The summed E-state index contributed by atoms with van der Waals surface area (Å²) in [5.41, 5.74) is -0.991. The van der Waals surface area contributed by atoms with Gasteiger partial charge in [0.25, 0.3) is 0 Å². The van der Waals surface area contributed by atoms with E-state index in [1.807, 2.05) is 13.8 Å². The summed E-state index contributed by atoms with van der Waals surface area (Å²) in [6.07, 6.45) is 3.60. The van der Waals surface area contributed by atoms with E-state index in [2.05, 4.69) is 16.1 Å². The average Bonchev–Trinajstić information content (AvgIpc) is 2.32. The molecule has 0 atom stereocenters. The number of hydrogen-bond donors (Lipinski definition) is 2. The van der Waals surface area contributed by atoms with Crippen molar-refractivity contribution in [1.29, 1.82) is 5.26 Å². The van der Waals surface area contributed by atoms with Crippen LogP contribution in [0.1, 0.15) is 39.5 Å². The average molecular weight is 289 g/mol. The van der Waals surface area contributed by atoms with Crippen molar-refractivity contribution in [2.24, 2.45) is 5.41 Å². The monoisotopic (exact) mass is 289 g/mol. The van der Waals surface area contributed by atoms with E-state index in [1.54, 1.807) is 0 Å². The highest BCUT2D eigenvalue weighted by Gasteiger charge is 2.36. The molecule has 0 aromatic carbocycles. The molecule has 0 aliphatic carbocycles. The fraction of sp³-hybridized carbons (Fsp3) is 0.833. The van der Waals surface area contributed by atoms with Gasteiger partial charge in [0.2, 0.25) is 15.9 Å². The van der Waals surface area contributed by atoms with Crippen molar-refractivity contribution < 1.29 is 13.2 Å². The Labute approximate surface area is 115 Å². The molecule has 0 saturated heterocycles. The van der Waals surface area contributed by atoms with Crippen molar-refractivity contribution in [2.75, 3.05) is 19.3 Å². The molecule has 2 N–H and O–H groups in total. The third kappa shape index (κ3) is 6.55. The molecule has 0 aromatic heterocycles. The Morgan fingerprint density at radius 3 is 2.11 bits per heavy atom. The van der Waals surface area contributed by atoms with Crippen LogP contribution in [-0.2, 0) is 14.8 Å². The topological polar surface area (TPSA) is 99.1 Å². The van der Waals surface area contributed by atoms with Gasteiger partial charge in [0, 0.05) is 13.1 Å². The Morgan fingerprint density at radius 2 is 1.74 bits per heavy atom. The van der Waals surface area contributed by atoms with E-state index in [4.69, 9.17) is 0 Å². The van der Waals surface area contributed by atoms with Crippen LogP contribution < -0.4 is 10.0 Å². The van der Waals surface area contributed by atoms with E-state index in [0.717, 1.165) is 19.1 Å². The van der Waals surface area contributed by atoms with Gasteiger partial charge in [0.05, 0.1) is 12.3 Å². The number of carbonyl (C=O) groups excluding carboxylic acids is 1. The molecule has 7 heteroatoms. The fourth-order valence-electron chi connectivity index (χ4n) is 1.95.